The number of aromatic nitrogens is 2. The van der Waals surface area contributed by atoms with E-state index in [9.17, 15) is 27.9 Å². The van der Waals surface area contributed by atoms with E-state index in [4.69, 9.17) is 10.5 Å². The summed E-state index contributed by atoms with van der Waals surface area (Å²) in [7, 11) is 0. The highest BCUT2D eigenvalue weighted by atomic mass is 19.4. The van der Waals surface area contributed by atoms with Crippen molar-refractivity contribution < 1.29 is 37.0 Å². The minimum Gasteiger partial charge on any atom is -0.487 e. The SMILES string of the molecule is C=CC(=O)N1CCN2C(=O)c3c(N4CC(O)CC4(C)C)nc(-c4nc(N)ccc4C(F)(F)F)c(F)c3OC[C@H]2C1. The number of carbonyl (C=O) groups is 2. The van der Waals surface area contributed by atoms with Gasteiger partial charge in [0, 0.05) is 31.7 Å². The number of piperazine rings is 1. The van der Waals surface area contributed by atoms with Gasteiger partial charge in [-0.2, -0.15) is 13.2 Å². The van der Waals surface area contributed by atoms with Crippen LogP contribution >= 0.6 is 0 Å². The monoisotopic (exact) mass is 564 g/mol. The van der Waals surface area contributed by atoms with Gasteiger partial charge < -0.3 is 30.3 Å². The number of nitrogens with two attached hydrogens (primary N) is 1. The topological polar surface area (TPSA) is 125 Å². The molecule has 2 aromatic rings. The Morgan fingerprint density at radius 1 is 1.23 bits per heavy atom. The minimum absolute atomic E-state index is 0.00762. The third-order valence-corrected chi connectivity index (χ3v) is 7.50. The number of fused-ring (bicyclic) bond motifs is 2. The van der Waals surface area contributed by atoms with Gasteiger partial charge in [-0.05, 0) is 38.5 Å². The predicted molar refractivity (Wildman–Crippen MR) is 136 cm³/mol. The first-order chi connectivity index (χ1) is 18.7. The normalized spacial score (nSPS) is 22.4. The Bertz CT molecular complexity index is 1400. The average Bonchev–Trinajstić information content (AvgIpc) is 3.07. The number of halogens is 4. The summed E-state index contributed by atoms with van der Waals surface area (Å²) in [5.74, 6) is -3.29. The highest BCUT2D eigenvalue weighted by Crippen LogP contribution is 2.45. The van der Waals surface area contributed by atoms with E-state index in [1.807, 2.05) is 0 Å². The van der Waals surface area contributed by atoms with Crippen molar-refractivity contribution in [3.05, 3.63) is 41.7 Å². The molecule has 0 bridgehead atoms. The first-order valence-corrected chi connectivity index (χ1v) is 12.6. The summed E-state index contributed by atoms with van der Waals surface area (Å²) in [6.45, 7) is 7.17. The standard InChI is InChI=1S/C26H28F4N6O4/c1-4-17(38)34-7-8-35-13(10-34)12-40-22-18(24(35)39)23(36-11-14(37)9-25(36,2)3)33-21(19(22)27)20-15(26(28,29)30)5-6-16(31)32-20/h4-6,13-14,37H,1,7-12H2,2-3H3,(H2,31,32)/t13-,14?/m1/s1. The number of carbonyl (C=O) groups excluding carboxylic acids is 2. The van der Waals surface area contributed by atoms with Crippen LogP contribution < -0.4 is 15.4 Å². The van der Waals surface area contributed by atoms with Gasteiger partial charge >= 0.3 is 6.18 Å². The molecule has 14 heteroatoms. The van der Waals surface area contributed by atoms with E-state index in [0.717, 1.165) is 12.1 Å². The molecule has 0 saturated carbocycles. The van der Waals surface area contributed by atoms with E-state index < -0.39 is 58.3 Å². The van der Waals surface area contributed by atoms with Gasteiger partial charge in [-0.3, -0.25) is 9.59 Å². The van der Waals surface area contributed by atoms with Crippen molar-refractivity contribution in [2.75, 3.05) is 43.4 Å². The number of aliphatic hydroxyl groups excluding tert-OH is 1. The molecule has 10 nitrogen and oxygen atoms in total. The summed E-state index contributed by atoms with van der Waals surface area (Å²) in [6.07, 6.45) is -4.34. The van der Waals surface area contributed by atoms with Gasteiger partial charge in [-0.15, -0.1) is 0 Å². The highest BCUT2D eigenvalue weighted by molar-refractivity contribution is 6.03. The first-order valence-electron chi connectivity index (χ1n) is 12.6. The first kappa shape index (κ1) is 27.6. The number of amides is 2. The maximum absolute atomic E-state index is 16.2. The van der Waals surface area contributed by atoms with Gasteiger partial charge in [-0.25, -0.2) is 14.4 Å². The number of aliphatic hydroxyl groups is 1. The van der Waals surface area contributed by atoms with Gasteiger partial charge in [0.1, 0.15) is 35.2 Å². The highest BCUT2D eigenvalue weighted by Gasteiger charge is 2.46. The van der Waals surface area contributed by atoms with Gasteiger partial charge in [0.15, 0.2) is 11.6 Å². The van der Waals surface area contributed by atoms with Crippen LogP contribution in [0.4, 0.5) is 29.2 Å². The molecule has 0 aliphatic carbocycles. The smallest absolute Gasteiger partial charge is 0.418 e. The Morgan fingerprint density at radius 3 is 2.58 bits per heavy atom. The van der Waals surface area contributed by atoms with Crippen molar-refractivity contribution in [2.24, 2.45) is 0 Å². The van der Waals surface area contributed by atoms with E-state index in [0.29, 0.717) is 6.07 Å². The average molecular weight is 565 g/mol. The molecule has 3 aliphatic heterocycles. The molecule has 2 fully saturated rings. The van der Waals surface area contributed by atoms with Crippen LogP contribution in [0, 0.1) is 5.82 Å². The second kappa shape index (κ2) is 9.61. The Kier molecular flexibility index (Phi) is 6.63. The van der Waals surface area contributed by atoms with Crippen LogP contribution in [-0.4, -0.2) is 87.2 Å². The number of ether oxygens (including phenoxy) is 1. The number of pyridine rings is 2. The molecule has 2 saturated heterocycles. The van der Waals surface area contributed by atoms with Crippen molar-refractivity contribution >= 4 is 23.5 Å². The number of rotatable bonds is 3. The minimum atomic E-state index is -4.92. The summed E-state index contributed by atoms with van der Waals surface area (Å²) >= 11 is 0. The lowest BCUT2D eigenvalue weighted by atomic mass is 10.00. The maximum atomic E-state index is 16.2. The molecule has 2 atom stereocenters. The number of anilines is 2. The molecule has 2 aromatic heterocycles. The zero-order valence-corrected chi connectivity index (χ0v) is 21.8. The van der Waals surface area contributed by atoms with Crippen LogP contribution in [0.15, 0.2) is 24.8 Å². The van der Waals surface area contributed by atoms with Gasteiger partial charge in [0.05, 0.1) is 17.7 Å². The fourth-order valence-corrected chi connectivity index (χ4v) is 5.59. The van der Waals surface area contributed by atoms with Crippen molar-refractivity contribution in [1.29, 1.82) is 0 Å². The van der Waals surface area contributed by atoms with Crippen LogP contribution in [0.2, 0.25) is 0 Å². The number of nitrogens with zero attached hydrogens (tertiary/aromatic N) is 5. The molecule has 2 amide bonds. The zero-order valence-electron chi connectivity index (χ0n) is 21.8. The predicted octanol–water partition coefficient (Wildman–Crippen LogP) is 2.46. The molecular weight excluding hydrogens is 536 g/mol. The van der Waals surface area contributed by atoms with Crippen molar-refractivity contribution in [2.45, 2.75) is 44.1 Å². The van der Waals surface area contributed by atoms with E-state index in [1.54, 1.807) is 18.7 Å². The zero-order chi connectivity index (χ0) is 29.1. The van der Waals surface area contributed by atoms with Gasteiger partial charge in [0.2, 0.25) is 5.91 Å². The van der Waals surface area contributed by atoms with E-state index in [1.165, 1.54) is 9.80 Å². The van der Waals surface area contributed by atoms with E-state index in [2.05, 4.69) is 16.5 Å². The third kappa shape index (κ3) is 4.59. The summed E-state index contributed by atoms with van der Waals surface area (Å²) in [6, 6.07) is 0.968. The third-order valence-electron chi connectivity index (χ3n) is 7.50. The molecule has 5 rings (SSSR count). The Hall–Kier alpha value is -3.94. The van der Waals surface area contributed by atoms with Crippen LogP contribution in [0.3, 0.4) is 0 Å². The molecule has 40 heavy (non-hydrogen) atoms. The molecule has 5 heterocycles. The molecule has 3 N–H and O–H groups in total. The molecule has 0 aromatic carbocycles. The molecule has 3 aliphatic rings. The Labute approximate surface area is 227 Å². The lowest BCUT2D eigenvalue weighted by molar-refractivity contribution is -0.137. The van der Waals surface area contributed by atoms with Crippen LogP contribution in [0.25, 0.3) is 11.4 Å². The largest absolute Gasteiger partial charge is 0.487 e. The van der Waals surface area contributed by atoms with Crippen molar-refractivity contribution in [1.82, 2.24) is 19.8 Å². The quantitative estimate of drug-likeness (QED) is 0.431. The van der Waals surface area contributed by atoms with Gasteiger partial charge in [-0.1, -0.05) is 6.58 Å². The second-order valence-electron chi connectivity index (χ2n) is 10.7. The molecule has 0 spiro atoms. The summed E-state index contributed by atoms with van der Waals surface area (Å²) in [5.41, 5.74) is 1.71. The van der Waals surface area contributed by atoms with E-state index in [-0.39, 0.29) is 62.3 Å². The molecule has 0 radical (unpaired) electrons. The summed E-state index contributed by atoms with van der Waals surface area (Å²) in [5, 5.41) is 10.4. The van der Waals surface area contributed by atoms with Gasteiger partial charge in [0.25, 0.3) is 5.91 Å². The summed E-state index contributed by atoms with van der Waals surface area (Å²) in [4.78, 5) is 38.7. The number of hydrogen-bond donors (Lipinski definition) is 2. The van der Waals surface area contributed by atoms with Crippen LogP contribution in [0.1, 0.15) is 36.2 Å². The lowest BCUT2D eigenvalue weighted by Crippen LogP contribution is -2.57. The number of alkyl halides is 3. The molecule has 214 valence electrons. The Morgan fingerprint density at radius 2 is 1.95 bits per heavy atom. The molecule has 1 unspecified atom stereocenters. The number of nitrogen functional groups attached to an aromatic ring is 1. The fourth-order valence-electron chi connectivity index (χ4n) is 5.59. The number of hydrogen-bond acceptors (Lipinski definition) is 8. The van der Waals surface area contributed by atoms with E-state index >= 15 is 4.39 Å². The lowest BCUT2D eigenvalue weighted by Gasteiger charge is -2.40. The van der Waals surface area contributed by atoms with Crippen LogP contribution in [-0.2, 0) is 11.0 Å². The van der Waals surface area contributed by atoms with Crippen molar-refractivity contribution in [3.63, 3.8) is 0 Å². The maximum Gasteiger partial charge on any atom is 0.418 e. The van der Waals surface area contributed by atoms with Crippen LogP contribution in [0.5, 0.6) is 5.75 Å². The van der Waals surface area contributed by atoms with Crippen molar-refractivity contribution in [3.8, 4) is 17.1 Å². The summed E-state index contributed by atoms with van der Waals surface area (Å²) < 4.78 is 63.9. The number of β-amino-alcohol motifs (C(OH)–C–C–N with tert-alkyl or cyclic N) is 1. The molecular formula is C26H28F4N6O4. The Balaban J connectivity index is 1.73. The fraction of sp³-hybridized carbons (Fsp3) is 0.462. The second-order valence-corrected chi connectivity index (χ2v) is 10.7.